The molecule has 1 saturated heterocycles. The summed E-state index contributed by atoms with van der Waals surface area (Å²) in [6, 6.07) is 18.4. The van der Waals surface area contributed by atoms with Gasteiger partial charge in [-0.2, -0.15) is 0 Å². The molecule has 2 aliphatic heterocycles. The minimum Gasteiger partial charge on any atom is -0.508 e. The third-order valence-electron chi connectivity index (χ3n) is 6.41. The topological polar surface area (TPSA) is 79.2 Å². The molecule has 1 atom stereocenters. The van der Waals surface area contributed by atoms with Crippen LogP contribution in [0.15, 0.2) is 60.7 Å². The van der Waals surface area contributed by atoms with Crippen LogP contribution < -0.4 is 9.47 Å². The molecule has 2 N–H and O–H groups in total. The average molecular weight is 474 g/mol. The first-order valence-electron chi connectivity index (χ1n) is 11.3. The Hall–Kier alpha value is -3.71. The van der Waals surface area contributed by atoms with Gasteiger partial charge in [0.05, 0.1) is 6.54 Å². The van der Waals surface area contributed by atoms with Gasteiger partial charge in [0.25, 0.3) is 0 Å². The molecule has 1 amide bonds. The molecule has 3 aromatic carbocycles. The molecule has 1 fully saturated rings. The summed E-state index contributed by atoms with van der Waals surface area (Å²) in [7, 11) is 0. The van der Waals surface area contributed by atoms with E-state index in [9.17, 15) is 15.0 Å². The Kier molecular flexibility index (Phi) is 5.07. The number of benzene rings is 3. The van der Waals surface area contributed by atoms with Crippen molar-refractivity contribution in [1.29, 1.82) is 0 Å². The monoisotopic (exact) mass is 473 g/mol. The lowest BCUT2D eigenvalue weighted by atomic mass is 9.93. The molecular weight excluding hydrogens is 450 g/mol. The second kappa shape index (κ2) is 8.25. The van der Waals surface area contributed by atoms with Gasteiger partial charge in [-0.25, -0.2) is 0 Å². The van der Waals surface area contributed by atoms with Crippen molar-refractivity contribution in [3.63, 3.8) is 0 Å². The molecule has 7 heteroatoms. The number of amides is 1. The second-order valence-corrected chi connectivity index (χ2v) is 9.66. The van der Waals surface area contributed by atoms with Crippen LogP contribution >= 0.6 is 11.3 Å². The van der Waals surface area contributed by atoms with Gasteiger partial charge in [-0.15, -0.1) is 11.3 Å². The van der Waals surface area contributed by atoms with Crippen LogP contribution in [0, 0.1) is 0 Å². The highest BCUT2D eigenvalue weighted by atomic mass is 32.1. The maximum atomic E-state index is 11.8. The van der Waals surface area contributed by atoms with Crippen LogP contribution in [0.4, 0.5) is 0 Å². The van der Waals surface area contributed by atoms with E-state index >= 15 is 0 Å². The second-order valence-electron chi connectivity index (χ2n) is 8.61. The first kappa shape index (κ1) is 20.9. The molecule has 0 radical (unpaired) electrons. The summed E-state index contributed by atoms with van der Waals surface area (Å²) >= 11 is 1.61. The van der Waals surface area contributed by atoms with Gasteiger partial charge in [0.2, 0.25) is 5.91 Å². The van der Waals surface area contributed by atoms with Gasteiger partial charge in [-0.3, -0.25) is 4.79 Å². The van der Waals surface area contributed by atoms with E-state index in [1.54, 1.807) is 35.6 Å². The van der Waals surface area contributed by atoms with Crippen molar-refractivity contribution in [2.45, 2.75) is 18.9 Å². The fourth-order valence-electron chi connectivity index (χ4n) is 4.74. The minimum atomic E-state index is -0.362. The van der Waals surface area contributed by atoms with Crippen molar-refractivity contribution in [2.24, 2.45) is 0 Å². The predicted octanol–water partition coefficient (Wildman–Crippen LogP) is 5.46. The van der Waals surface area contributed by atoms with Crippen LogP contribution in [-0.4, -0.2) is 40.7 Å². The third kappa shape index (κ3) is 3.62. The lowest BCUT2D eigenvalue weighted by Crippen LogP contribution is -2.29. The minimum absolute atomic E-state index is 0.153. The Labute approximate surface area is 200 Å². The van der Waals surface area contributed by atoms with E-state index in [-0.39, 0.29) is 23.5 Å². The number of phenolic OH excluding ortho intramolecular Hbond substituents is 2. The van der Waals surface area contributed by atoms with Gasteiger partial charge in [-0.05, 0) is 54.4 Å². The summed E-state index contributed by atoms with van der Waals surface area (Å²) < 4.78 is 13.3. The molecule has 0 saturated carbocycles. The highest BCUT2D eigenvalue weighted by Crippen LogP contribution is 2.52. The molecule has 0 aliphatic carbocycles. The van der Waals surface area contributed by atoms with Crippen LogP contribution in [0.1, 0.15) is 30.1 Å². The number of likely N-dealkylation sites (tertiary alicyclic amines) is 1. The Morgan fingerprint density at radius 1 is 1.03 bits per heavy atom. The van der Waals surface area contributed by atoms with Crippen molar-refractivity contribution in [3.05, 3.63) is 71.8 Å². The van der Waals surface area contributed by atoms with Gasteiger partial charge in [0, 0.05) is 45.1 Å². The standard InChI is InChI=1S/C27H23NO5S/c29-17-5-9-20-22(14-17)33-26(25-21-10-6-18(30)15-23(21)34-27(20)25)16-3-7-19(8-4-16)32-13-12-28-11-1-2-24(28)31/h3-10,14-15,26,29-30H,1-2,11-13H2/t26-/m0/s1. The number of aromatic hydroxyl groups is 2. The molecule has 0 bridgehead atoms. The van der Waals surface area contributed by atoms with Crippen molar-refractivity contribution in [1.82, 2.24) is 4.90 Å². The number of carbonyl (C=O) groups excluding carboxylic acids is 1. The zero-order chi connectivity index (χ0) is 23.2. The molecule has 34 heavy (non-hydrogen) atoms. The van der Waals surface area contributed by atoms with Crippen LogP contribution in [-0.2, 0) is 4.79 Å². The van der Waals surface area contributed by atoms with E-state index in [0.717, 1.165) is 50.4 Å². The quantitative estimate of drug-likeness (QED) is 0.402. The Balaban J connectivity index is 1.31. The molecule has 172 valence electrons. The molecule has 4 aromatic rings. The lowest BCUT2D eigenvalue weighted by molar-refractivity contribution is -0.128. The van der Waals surface area contributed by atoms with E-state index in [0.29, 0.717) is 25.3 Å². The van der Waals surface area contributed by atoms with Gasteiger partial charge < -0.3 is 24.6 Å². The summed E-state index contributed by atoms with van der Waals surface area (Å²) in [5, 5.41) is 21.1. The molecule has 6 rings (SSSR count). The maximum Gasteiger partial charge on any atom is 0.222 e. The summed E-state index contributed by atoms with van der Waals surface area (Å²) in [6.07, 6.45) is 1.20. The largest absolute Gasteiger partial charge is 0.508 e. The van der Waals surface area contributed by atoms with Crippen molar-refractivity contribution >= 4 is 27.3 Å². The van der Waals surface area contributed by atoms with Crippen molar-refractivity contribution in [2.75, 3.05) is 19.7 Å². The lowest BCUT2D eigenvalue weighted by Gasteiger charge is -2.27. The molecule has 0 spiro atoms. The third-order valence-corrected chi connectivity index (χ3v) is 7.61. The van der Waals surface area contributed by atoms with E-state index < -0.39 is 0 Å². The van der Waals surface area contributed by atoms with E-state index in [4.69, 9.17) is 9.47 Å². The summed E-state index contributed by atoms with van der Waals surface area (Å²) in [4.78, 5) is 14.7. The van der Waals surface area contributed by atoms with Crippen LogP contribution in [0.2, 0.25) is 0 Å². The summed E-state index contributed by atoms with van der Waals surface area (Å²) in [6.45, 7) is 1.87. The number of fused-ring (bicyclic) bond motifs is 5. The summed E-state index contributed by atoms with van der Waals surface area (Å²) in [5.41, 5.74) is 2.95. The Morgan fingerprint density at radius 2 is 1.82 bits per heavy atom. The maximum absolute atomic E-state index is 11.8. The molecule has 6 nitrogen and oxygen atoms in total. The predicted molar refractivity (Wildman–Crippen MR) is 131 cm³/mol. The van der Waals surface area contributed by atoms with Crippen LogP contribution in [0.25, 0.3) is 20.5 Å². The average Bonchev–Trinajstić information content (AvgIpc) is 3.41. The number of phenols is 2. The highest BCUT2D eigenvalue weighted by molar-refractivity contribution is 7.22. The number of nitrogens with zero attached hydrogens (tertiary/aromatic N) is 1. The van der Waals surface area contributed by atoms with Crippen molar-refractivity contribution in [3.8, 4) is 33.4 Å². The molecule has 1 aromatic heterocycles. The fourth-order valence-corrected chi connectivity index (χ4v) is 6.03. The first-order chi connectivity index (χ1) is 16.6. The van der Waals surface area contributed by atoms with Gasteiger partial charge in [-0.1, -0.05) is 12.1 Å². The molecular formula is C27H23NO5S. The normalized spacial score (nSPS) is 16.9. The number of hydrogen-bond donors (Lipinski definition) is 2. The van der Waals surface area contributed by atoms with E-state index in [2.05, 4.69) is 0 Å². The van der Waals surface area contributed by atoms with Crippen LogP contribution in [0.3, 0.4) is 0 Å². The fraction of sp³-hybridized carbons (Fsp3) is 0.222. The van der Waals surface area contributed by atoms with Gasteiger partial charge in [0.1, 0.15) is 29.6 Å². The number of thiophene rings is 1. The summed E-state index contributed by atoms with van der Waals surface area (Å²) in [5.74, 6) is 1.95. The SMILES string of the molecule is O=C1CCCN1CCOc1ccc([C@@H]2Oc3cc(O)ccc3-c3sc4cc(O)ccc4c32)cc1. The first-order valence-corrected chi connectivity index (χ1v) is 12.1. The van der Waals surface area contributed by atoms with Gasteiger partial charge >= 0.3 is 0 Å². The smallest absolute Gasteiger partial charge is 0.222 e. The zero-order valence-electron chi connectivity index (χ0n) is 18.4. The molecule has 0 unspecified atom stereocenters. The molecule has 3 heterocycles. The van der Waals surface area contributed by atoms with E-state index in [1.807, 2.05) is 41.3 Å². The Bertz CT molecular complexity index is 1390. The number of carbonyl (C=O) groups is 1. The number of hydrogen-bond acceptors (Lipinski definition) is 6. The number of rotatable bonds is 5. The van der Waals surface area contributed by atoms with E-state index in [1.165, 1.54) is 0 Å². The number of ether oxygens (including phenoxy) is 2. The van der Waals surface area contributed by atoms with Crippen LogP contribution in [0.5, 0.6) is 23.0 Å². The Morgan fingerprint density at radius 3 is 2.62 bits per heavy atom. The zero-order valence-corrected chi connectivity index (χ0v) is 19.2. The molecule has 2 aliphatic rings. The van der Waals surface area contributed by atoms with Crippen molar-refractivity contribution < 1.29 is 24.5 Å². The van der Waals surface area contributed by atoms with Gasteiger partial charge in [0.15, 0.2) is 6.10 Å². The highest BCUT2D eigenvalue weighted by Gasteiger charge is 2.32.